The molecule has 0 saturated carbocycles. The summed E-state index contributed by atoms with van der Waals surface area (Å²) >= 11 is 0. The lowest BCUT2D eigenvalue weighted by molar-refractivity contribution is 0.0478. The molecule has 2 aromatic heterocycles. The normalized spacial score (nSPS) is 17.7. The topological polar surface area (TPSA) is 98.2 Å². The van der Waals surface area contributed by atoms with Crippen molar-refractivity contribution in [2.45, 2.75) is 71.2 Å². The number of tetrazole rings is 1. The van der Waals surface area contributed by atoms with Crippen molar-refractivity contribution in [3.8, 4) is 5.75 Å². The van der Waals surface area contributed by atoms with Crippen molar-refractivity contribution < 1.29 is 9.47 Å². The zero-order valence-corrected chi connectivity index (χ0v) is 20.2. The van der Waals surface area contributed by atoms with E-state index >= 15 is 0 Å². The molecule has 0 amide bonds. The predicted octanol–water partition coefficient (Wildman–Crippen LogP) is 3.41. The molecule has 9 heteroatoms. The van der Waals surface area contributed by atoms with E-state index in [-0.39, 0.29) is 23.2 Å². The standard InChI is InChI=1S/C24H34N6O3/c1-6-21(22-26-27-28-30(22)24(2,3)4)29(15-19-8-7-11-33-19)14-17-12-16-13-18(32-5)9-10-20(16)25-23(17)31/h9-10,12-13,19,21H,6-8,11,14-15H2,1-5H3,(H,25,31). The summed E-state index contributed by atoms with van der Waals surface area (Å²) in [4.78, 5) is 18.3. The Labute approximate surface area is 194 Å². The summed E-state index contributed by atoms with van der Waals surface area (Å²) in [6.45, 7) is 10.4. The molecular weight excluding hydrogens is 420 g/mol. The molecule has 9 nitrogen and oxygen atoms in total. The van der Waals surface area contributed by atoms with Crippen LogP contribution in [0.2, 0.25) is 0 Å². The van der Waals surface area contributed by atoms with Gasteiger partial charge in [-0.2, -0.15) is 0 Å². The van der Waals surface area contributed by atoms with E-state index in [9.17, 15) is 4.79 Å². The predicted molar refractivity (Wildman–Crippen MR) is 126 cm³/mol. The first kappa shape index (κ1) is 23.4. The third-order valence-electron chi connectivity index (χ3n) is 6.22. The summed E-state index contributed by atoms with van der Waals surface area (Å²) in [7, 11) is 1.64. The molecule has 1 aromatic carbocycles. The fraction of sp³-hybridized carbons (Fsp3) is 0.583. The van der Waals surface area contributed by atoms with Crippen LogP contribution < -0.4 is 10.3 Å². The number of nitrogens with one attached hydrogen (secondary N) is 1. The van der Waals surface area contributed by atoms with E-state index < -0.39 is 0 Å². The van der Waals surface area contributed by atoms with Gasteiger partial charge in [0, 0.05) is 36.2 Å². The Kier molecular flexibility index (Phi) is 6.81. The number of rotatable bonds is 8. The van der Waals surface area contributed by atoms with Gasteiger partial charge in [-0.3, -0.25) is 9.69 Å². The minimum absolute atomic E-state index is 0.0520. The first-order valence-corrected chi connectivity index (χ1v) is 11.6. The number of hydrogen-bond acceptors (Lipinski definition) is 7. The fourth-order valence-electron chi connectivity index (χ4n) is 4.53. The molecule has 33 heavy (non-hydrogen) atoms. The Morgan fingerprint density at radius 3 is 2.82 bits per heavy atom. The summed E-state index contributed by atoms with van der Waals surface area (Å²) in [6.07, 6.45) is 3.02. The molecule has 3 aromatic rings. The van der Waals surface area contributed by atoms with Crippen LogP contribution >= 0.6 is 0 Å². The Morgan fingerprint density at radius 1 is 1.33 bits per heavy atom. The lowest BCUT2D eigenvalue weighted by Crippen LogP contribution is -2.39. The number of methoxy groups -OCH3 is 1. The molecular formula is C24H34N6O3. The second-order valence-corrected chi connectivity index (χ2v) is 9.69. The Hall–Kier alpha value is -2.78. The highest BCUT2D eigenvalue weighted by molar-refractivity contribution is 5.80. The van der Waals surface area contributed by atoms with E-state index in [1.807, 2.05) is 28.9 Å². The molecule has 0 spiro atoms. The maximum absolute atomic E-state index is 13.0. The Balaban J connectivity index is 1.72. The van der Waals surface area contributed by atoms with Crippen molar-refractivity contribution >= 4 is 10.9 Å². The molecule has 1 fully saturated rings. The highest BCUT2D eigenvalue weighted by atomic mass is 16.5. The SMILES string of the molecule is CCC(c1nnnn1C(C)(C)C)N(Cc1cc2cc(OC)ccc2[nH]c1=O)CC1CCCO1. The average Bonchev–Trinajstić information content (AvgIpc) is 3.46. The Morgan fingerprint density at radius 2 is 2.15 bits per heavy atom. The summed E-state index contributed by atoms with van der Waals surface area (Å²) < 4.78 is 13.2. The van der Waals surface area contributed by atoms with Gasteiger partial charge in [0.15, 0.2) is 5.82 Å². The quantitative estimate of drug-likeness (QED) is 0.557. The van der Waals surface area contributed by atoms with E-state index in [0.29, 0.717) is 18.7 Å². The molecule has 0 bridgehead atoms. The number of H-pyrrole nitrogens is 1. The first-order chi connectivity index (χ1) is 15.8. The number of aromatic amines is 1. The van der Waals surface area contributed by atoms with Gasteiger partial charge in [-0.15, -0.1) is 5.10 Å². The van der Waals surface area contributed by atoms with Gasteiger partial charge in [-0.1, -0.05) is 6.92 Å². The van der Waals surface area contributed by atoms with Crippen LogP contribution in [0.4, 0.5) is 0 Å². The van der Waals surface area contributed by atoms with Gasteiger partial charge in [0.25, 0.3) is 5.56 Å². The molecule has 2 unspecified atom stereocenters. The molecule has 2 atom stereocenters. The van der Waals surface area contributed by atoms with Crippen molar-refractivity contribution in [2.75, 3.05) is 20.3 Å². The molecule has 1 N–H and O–H groups in total. The number of pyridine rings is 1. The van der Waals surface area contributed by atoms with Crippen LogP contribution in [0.15, 0.2) is 29.1 Å². The lowest BCUT2D eigenvalue weighted by atomic mass is 10.1. The van der Waals surface area contributed by atoms with Crippen LogP contribution in [-0.2, 0) is 16.8 Å². The third-order valence-corrected chi connectivity index (χ3v) is 6.22. The highest BCUT2D eigenvalue weighted by Crippen LogP contribution is 2.29. The second-order valence-electron chi connectivity index (χ2n) is 9.69. The van der Waals surface area contributed by atoms with Crippen LogP contribution in [0, 0.1) is 0 Å². The van der Waals surface area contributed by atoms with Crippen molar-refractivity contribution in [3.63, 3.8) is 0 Å². The fourth-order valence-corrected chi connectivity index (χ4v) is 4.53. The molecule has 1 saturated heterocycles. The molecule has 3 heterocycles. The summed E-state index contributed by atoms with van der Waals surface area (Å²) in [5.41, 5.74) is 1.15. The van der Waals surface area contributed by atoms with Gasteiger partial charge in [0.05, 0.1) is 24.8 Å². The average molecular weight is 455 g/mol. The summed E-state index contributed by atoms with van der Waals surface area (Å²) in [6, 6.07) is 7.57. The third kappa shape index (κ3) is 5.09. The number of aromatic nitrogens is 5. The van der Waals surface area contributed by atoms with Gasteiger partial charge >= 0.3 is 0 Å². The van der Waals surface area contributed by atoms with Gasteiger partial charge in [0.2, 0.25) is 0 Å². The zero-order valence-electron chi connectivity index (χ0n) is 20.2. The molecule has 1 aliphatic rings. The highest BCUT2D eigenvalue weighted by Gasteiger charge is 2.31. The maximum Gasteiger partial charge on any atom is 0.252 e. The van der Waals surface area contributed by atoms with Crippen LogP contribution in [0.3, 0.4) is 0 Å². The molecule has 4 rings (SSSR count). The van der Waals surface area contributed by atoms with Crippen LogP contribution in [0.5, 0.6) is 5.75 Å². The van der Waals surface area contributed by atoms with Gasteiger partial charge in [-0.05, 0) is 74.7 Å². The van der Waals surface area contributed by atoms with E-state index in [1.165, 1.54) is 0 Å². The number of hydrogen-bond donors (Lipinski definition) is 1. The molecule has 1 aliphatic heterocycles. The first-order valence-electron chi connectivity index (χ1n) is 11.6. The van der Waals surface area contributed by atoms with Gasteiger partial charge < -0.3 is 14.5 Å². The van der Waals surface area contributed by atoms with Crippen LogP contribution in [0.25, 0.3) is 10.9 Å². The van der Waals surface area contributed by atoms with Crippen molar-refractivity contribution in [2.24, 2.45) is 0 Å². The summed E-state index contributed by atoms with van der Waals surface area (Å²) in [5.74, 6) is 1.56. The number of benzene rings is 1. The summed E-state index contributed by atoms with van der Waals surface area (Å²) in [5, 5.41) is 13.6. The van der Waals surface area contributed by atoms with E-state index in [0.717, 1.165) is 48.3 Å². The van der Waals surface area contributed by atoms with Gasteiger partial charge in [-0.25, -0.2) is 4.68 Å². The van der Waals surface area contributed by atoms with Crippen LogP contribution in [-0.4, -0.2) is 56.5 Å². The van der Waals surface area contributed by atoms with E-state index in [1.54, 1.807) is 7.11 Å². The minimum atomic E-state index is -0.251. The smallest absolute Gasteiger partial charge is 0.252 e. The monoisotopic (exact) mass is 454 g/mol. The van der Waals surface area contributed by atoms with Crippen molar-refractivity contribution in [3.05, 3.63) is 46.0 Å². The lowest BCUT2D eigenvalue weighted by Gasteiger charge is -2.33. The molecule has 0 radical (unpaired) electrons. The Bertz CT molecular complexity index is 1140. The van der Waals surface area contributed by atoms with Gasteiger partial charge in [0.1, 0.15) is 5.75 Å². The number of nitrogens with zero attached hydrogens (tertiary/aromatic N) is 5. The largest absolute Gasteiger partial charge is 0.497 e. The second kappa shape index (κ2) is 9.61. The number of ether oxygens (including phenoxy) is 2. The zero-order chi connectivity index (χ0) is 23.6. The van der Waals surface area contributed by atoms with Crippen molar-refractivity contribution in [1.82, 2.24) is 30.1 Å². The minimum Gasteiger partial charge on any atom is -0.497 e. The molecule has 0 aliphatic carbocycles. The van der Waals surface area contributed by atoms with Crippen molar-refractivity contribution in [1.29, 1.82) is 0 Å². The van der Waals surface area contributed by atoms with Crippen LogP contribution in [0.1, 0.15) is 64.4 Å². The molecule has 178 valence electrons. The van der Waals surface area contributed by atoms with E-state index in [4.69, 9.17) is 9.47 Å². The maximum atomic E-state index is 13.0. The number of fused-ring (bicyclic) bond motifs is 1. The van der Waals surface area contributed by atoms with E-state index in [2.05, 4.69) is 53.1 Å².